The van der Waals surface area contributed by atoms with Gasteiger partial charge in [0.2, 0.25) is 6.79 Å². The van der Waals surface area contributed by atoms with Crippen LogP contribution in [0.3, 0.4) is 0 Å². The Balaban J connectivity index is 1.47. The molecule has 0 bridgehead atoms. The number of hydrogen-bond acceptors (Lipinski definition) is 8. The molecule has 0 radical (unpaired) electrons. The molecule has 32 heavy (non-hydrogen) atoms. The Bertz CT molecular complexity index is 1230. The smallest absolute Gasteiger partial charge is 0.268 e. The highest BCUT2D eigenvalue weighted by molar-refractivity contribution is 7.15. The molecule has 1 aliphatic heterocycles. The zero-order valence-corrected chi connectivity index (χ0v) is 18.2. The Morgan fingerprint density at radius 1 is 1.25 bits per heavy atom. The summed E-state index contributed by atoms with van der Waals surface area (Å²) in [5.41, 5.74) is 1.49. The fourth-order valence-corrected chi connectivity index (χ4v) is 3.64. The molecule has 0 saturated heterocycles. The number of rotatable bonds is 7. The molecule has 0 saturated carbocycles. The number of carbonyl (C=O) groups excluding carboxylic acids is 1. The van der Waals surface area contributed by atoms with Gasteiger partial charge in [0.1, 0.15) is 18.2 Å². The molecule has 3 aromatic rings. The zero-order chi connectivity index (χ0) is 22.5. The second-order valence-corrected chi connectivity index (χ2v) is 8.02. The van der Waals surface area contributed by atoms with E-state index in [1.807, 2.05) is 31.2 Å². The van der Waals surface area contributed by atoms with Gasteiger partial charge in [0.05, 0.1) is 7.11 Å². The number of carbonyl (C=O) groups is 1. The first-order valence-corrected chi connectivity index (χ1v) is 10.4. The molecule has 1 amide bonds. The molecule has 1 aromatic heterocycles. The van der Waals surface area contributed by atoms with E-state index >= 15 is 0 Å². The Morgan fingerprint density at radius 3 is 2.84 bits per heavy atom. The van der Waals surface area contributed by atoms with E-state index in [0.29, 0.717) is 40.3 Å². The minimum atomic E-state index is -0.524. The number of anilines is 1. The number of nitrogens with zero attached hydrogens (tertiary/aromatic N) is 2. The summed E-state index contributed by atoms with van der Waals surface area (Å²) in [6.07, 6.45) is 3.14. The summed E-state index contributed by atoms with van der Waals surface area (Å²) in [5.74, 6) is 1.89. The number of methoxy groups -OCH3 is 1. The molecule has 2 heterocycles. The van der Waals surface area contributed by atoms with Crippen LogP contribution in [0.4, 0.5) is 5.13 Å². The van der Waals surface area contributed by atoms with Crippen LogP contribution in [0.25, 0.3) is 6.08 Å². The molecule has 0 fully saturated rings. The molecule has 162 valence electrons. The van der Waals surface area contributed by atoms with Gasteiger partial charge >= 0.3 is 0 Å². The zero-order valence-electron chi connectivity index (χ0n) is 17.4. The highest BCUT2D eigenvalue weighted by atomic mass is 32.1. The van der Waals surface area contributed by atoms with Crippen LogP contribution in [0.1, 0.15) is 16.0 Å². The average molecular weight is 449 g/mol. The van der Waals surface area contributed by atoms with Gasteiger partial charge in [0.15, 0.2) is 28.1 Å². The topological polar surface area (TPSA) is 103 Å². The summed E-state index contributed by atoms with van der Waals surface area (Å²) < 4.78 is 22.0. The molecule has 0 spiro atoms. The largest absolute Gasteiger partial charge is 0.493 e. The minimum absolute atomic E-state index is 0.0473. The van der Waals surface area contributed by atoms with Crippen molar-refractivity contribution in [3.05, 3.63) is 64.2 Å². The second kappa shape index (κ2) is 9.41. The first-order chi connectivity index (χ1) is 15.6. The molecule has 8 nitrogen and oxygen atoms in total. The Labute approximate surface area is 188 Å². The molecule has 1 aliphatic rings. The molecule has 1 N–H and O–H groups in total. The van der Waals surface area contributed by atoms with Crippen molar-refractivity contribution in [1.29, 1.82) is 5.26 Å². The monoisotopic (exact) mass is 449 g/mol. The summed E-state index contributed by atoms with van der Waals surface area (Å²) in [4.78, 5) is 17.5. The van der Waals surface area contributed by atoms with Crippen LogP contribution in [-0.2, 0) is 11.4 Å². The Morgan fingerprint density at radius 2 is 2.09 bits per heavy atom. The lowest BCUT2D eigenvalue weighted by atomic mass is 10.1. The predicted octanol–water partition coefficient (Wildman–Crippen LogP) is 4.31. The summed E-state index contributed by atoms with van der Waals surface area (Å²) in [5, 5.41) is 12.5. The third-order valence-corrected chi connectivity index (χ3v) is 5.37. The van der Waals surface area contributed by atoms with Crippen molar-refractivity contribution in [3.63, 3.8) is 0 Å². The van der Waals surface area contributed by atoms with Crippen LogP contribution >= 0.6 is 11.3 Å². The van der Waals surface area contributed by atoms with Crippen molar-refractivity contribution in [2.24, 2.45) is 0 Å². The number of benzene rings is 2. The Hall–Kier alpha value is -4.03. The van der Waals surface area contributed by atoms with Gasteiger partial charge in [-0.1, -0.05) is 12.1 Å². The van der Waals surface area contributed by atoms with Crippen LogP contribution in [0.15, 0.2) is 48.2 Å². The quantitative estimate of drug-likeness (QED) is 0.423. The lowest BCUT2D eigenvalue weighted by molar-refractivity contribution is -0.112. The first kappa shape index (κ1) is 21.2. The van der Waals surface area contributed by atoms with E-state index in [1.54, 1.807) is 24.4 Å². The van der Waals surface area contributed by atoms with Crippen LogP contribution < -0.4 is 24.3 Å². The van der Waals surface area contributed by atoms with Gasteiger partial charge in [-0.2, -0.15) is 5.26 Å². The van der Waals surface area contributed by atoms with E-state index in [4.69, 9.17) is 18.9 Å². The summed E-state index contributed by atoms with van der Waals surface area (Å²) in [6.45, 7) is 2.41. The maximum atomic E-state index is 12.4. The van der Waals surface area contributed by atoms with E-state index in [-0.39, 0.29) is 12.4 Å². The lowest BCUT2D eigenvalue weighted by Crippen LogP contribution is -2.13. The highest BCUT2D eigenvalue weighted by Crippen LogP contribution is 2.34. The summed E-state index contributed by atoms with van der Waals surface area (Å²) in [6, 6.07) is 12.7. The van der Waals surface area contributed by atoms with Crippen molar-refractivity contribution in [2.75, 3.05) is 19.2 Å². The summed E-state index contributed by atoms with van der Waals surface area (Å²) in [7, 11) is 1.53. The number of ether oxygens (including phenoxy) is 4. The van der Waals surface area contributed by atoms with Crippen LogP contribution in [0.2, 0.25) is 0 Å². The van der Waals surface area contributed by atoms with Gasteiger partial charge in [-0.15, -0.1) is 11.3 Å². The maximum Gasteiger partial charge on any atom is 0.268 e. The number of fused-ring (bicyclic) bond motifs is 1. The molecule has 4 rings (SSSR count). The number of thiazole rings is 1. The number of aromatic nitrogens is 1. The molecule has 2 aromatic carbocycles. The summed E-state index contributed by atoms with van der Waals surface area (Å²) >= 11 is 1.34. The van der Waals surface area contributed by atoms with Crippen molar-refractivity contribution in [3.8, 4) is 29.1 Å². The average Bonchev–Trinajstić information content (AvgIpc) is 3.44. The standard InChI is InChI=1S/C23H19N3O5S/c1-14-11-25-23(32-14)26-22(27)17(10-24)7-15-3-5-18(20(8-15)28-2)29-12-16-4-6-19-21(9-16)31-13-30-19/h3-9,11H,12-13H2,1-2H3,(H,25,26,27)/b17-7-. The second-order valence-electron chi connectivity index (χ2n) is 6.79. The third kappa shape index (κ3) is 4.82. The van der Waals surface area contributed by atoms with E-state index < -0.39 is 5.91 Å². The number of nitrogens with one attached hydrogen (secondary N) is 1. The normalized spacial score (nSPS) is 12.2. The molecule has 0 unspecified atom stereocenters. The van der Waals surface area contributed by atoms with Crippen molar-refractivity contribution in [2.45, 2.75) is 13.5 Å². The molecular weight excluding hydrogens is 430 g/mol. The fraction of sp³-hybridized carbons (Fsp3) is 0.174. The van der Waals surface area contributed by atoms with Gasteiger partial charge < -0.3 is 18.9 Å². The number of hydrogen-bond donors (Lipinski definition) is 1. The fourth-order valence-electron chi connectivity index (χ4n) is 2.98. The van der Waals surface area contributed by atoms with Gasteiger partial charge in [0.25, 0.3) is 5.91 Å². The maximum absolute atomic E-state index is 12.4. The van der Waals surface area contributed by atoms with Crippen LogP contribution in [-0.4, -0.2) is 24.8 Å². The van der Waals surface area contributed by atoms with E-state index in [0.717, 1.165) is 10.4 Å². The molecule has 0 aliphatic carbocycles. The van der Waals surface area contributed by atoms with Crippen molar-refractivity contribution >= 4 is 28.5 Å². The van der Waals surface area contributed by atoms with Crippen LogP contribution in [0, 0.1) is 18.3 Å². The lowest BCUT2D eigenvalue weighted by Gasteiger charge is -2.12. The third-order valence-electron chi connectivity index (χ3n) is 4.54. The van der Waals surface area contributed by atoms with Crippen molar-refractivity contribution < 1.29 is 23.7 Å². The van der Waals surface area contributed by atoms with Crippen LogP contribution in [0.5, 0.6) is 23.0 Å². The Kier molecular flexibility index (Phi) is 6.24. The first-order valence-electron chi connectivity index (χ1n) is 9.60. The van der Waals surface area contributed by atoms with Crippen molar-refractivity contribution in [1.82, 2.24) is 4.98 Å². The number of amides is 1. The predicted molar refractivity (Wildman–Crippen MR) is 119 cm³/mol. The highest BCUT2D eigenvalue weighted by Gasteiger charge is 2.15. The minimum Gasteiger partial charge on any atom is -0.493 e. The molecular formula is C23H19N3O5S. The SMILES string of the molecule is COc1cc(/C=C(/C#N)C(=O)Nc2ncc(C)s2)ccc1OCc1ccc2c(c1)OCO2. The molecule has 0 atom stereocenters. The van der Waals surface area contributed by atoms with Gasteiger partial charge in [0, 0.05) is 11.1 Å². The van der Waals surface area contributed by atoms with Gasteiger partial charge in [-0.05, 0) is 48.4 Å². The van der Waals surface area contributed by atoms with Gasteiger partial charge in [-0.3, -0.25) is 10.1 Å². The molecule has 9 heteroatoms. The van der Waals surface area contributed by atoms with Gasteiger partial charge in [-0.25, -0.2) is 4.98 Å². The number of aryl methyl sites for hydroxylation is 1. The van der Waals surface area contributed by atoms with E-state index in [2.05, 4.69) is 10.3 Å². The van der Waals surface area contributed by atoms with E-state index in [1.165, 1.54) is 24.5 Å². The van der Waals surface area contributed by atoms with E-state index in [9.17, 15) is 10.1 Å². The number of nitriles is 1.